The van der Waals surface area contributed by atoms with Crippen LogP contribution in [0.4, 0.5) is 0 Å². The van der Waals surface area contributed by atoms with Gasteiger partial charge in [0.15, 0.2) is 0 Å². The molecule has 1 unspecified atom stereocenters. The minimum absolute atomic E-state index is 0.0411. The standard InChI is InChI=1S/C9H11ClN2O2/c1-6-3-12(5-8(13)14)4-7(2-11)9(6)10/h6H,3-5H2,1H3,(H,13,14). The third-order valence-electron chi connectivity index (χ3n) is 2.13. The molecule has 76 valence electrons. The Balaban J connectivity index is 2.75. The van der Waals surface area contributed by atoms with E-state index in [-0.39, 0.29) is 12.5 Å². The van der Waals surface area contributed by atoms with Crippen molar-refractivity contribution in [2.24, 2.45) is 5.92 Å². The van der Waals surface area contributed by atoms with E-state index in [9.17, 15) is 4.79 Å². The molecule has 0 saturated carbocycles. The first-order valence-corrected chi connectivity index (χ1v) is 4.65. The maximum absolute atomic E-state index is 10.5. The summed E-state index contributed by atoms with van der Waals surface area (Å²) in [7, 11) is 0. The van der Waals surface area contributed by atoms with E-state index in [1.165, 1.54) is 0 Å². The van der Waals surface area contributed by atoms with Gasteiger partial charge < -0.3 is 5.11 Å². The van der Waals surface area contributed by atoms with E-state index in [2.05, 4.69) is 0 Å². The van der Waals surface area contributed by atoms with E-state index in [0.717, 1.165) is 0 Å². The second-order valence-electron chi connectivity index (χ2n) is 3.40. The van der Waals surface area contributed by atoms with Gasteiger partial charge in [-0.2, -0.15) is 5.26 Å². The van der Waals surface area contributed by atoms with Crippen molar-refractivity contribution in [3.63, 3.8) is 0 Å². The lowest BCUT2D eigenvalue weighted by molar-refractivity contribution is -0.138. The van der Waals surface area contributed by atoms with Crippen LogP contribution in [0.2, 0.25) is 0 Å². The van der Waals surface area contributed by atoms with E-state index in [1.54, 1.807) is 4.90 Å². The average Bonchev–Trinajstić information content (AvgIpc) is 2.10. The first-order valence-electron chi connectivity index (χ1n) is 4.27. The van der Waals surface area contributed by atoms with Crippen LogP contribution in [-0.2, 0) is 4.79 Å². The van der Waals surface area contributed by atoms with Gasteiger partial charge in [0.25, 0.3) is 0 Å². The number of halogens is 1. The summed E-state index contributed by atoms with van der Waals surface area (Å²) in [6, 6.07) is 2.00. The van der Waals surface area contributed by atoms with Crippen molar-refractivity contribution >= 4 is 17.6 Å². The monoisotopic (exact) mass is 214 g/mol. The molecule has 4 nitrogen and oxygen atoms in total. The Hall–Kier alpha value is -1.05. The van der Waals surface area contributed by atoms with Crippen molar-refractivity contribution in [2.45, 2.75) is 6.92 Å². The number of rotatable bonds is 2. The number of nitriles is 1. The highest BCUT2D eigenvalue weighted by atomic mass is 35.5. The lowest BCUT2D eigenvalue weighted by Crippen LogP contribution is -2.38. The molecule has 0 saturated heterocycles. The van der Waals surface area contributed by atoms with Crippen molar-refractivity contribution in [2.75, 3.05) is 19.6 Å². The smallest absolute Gasteiger partial charge is 0.317 e. The molecule has 0 amide bonds. The molecule has 0 aliphatic carbocycles. The molecule has 5 heteroatoms. The molecule has 0 radical (unpaired) electrons. The molecule has 0 aromatic heterocycles. The lowest BCUT2D eigenvalue weighted by atomic mass is 10.0. The van der Waals surface area contributed by atoms with Crippen LogP contribution < -0.4 is 0 Å². The summed E-state index contributed by atoms with van der Waals surface area (Å²) < 4.78 is 0. The maximum Gasteiger partial charge on any atom is 0.317 e. The van der Waals surface area contributed by atoms with Crippen LogP contribution in [0.1, 0.15) is 6.92 Å². The number of nitrogens with zero attached hydrogens (tertiary/aromatic N) is 2. The SMILES string of the molecule is CC1CN(CC(=O)O)CC(C#N)=C1Cl. The number of carbonyl (C=O) groups is 1. The van der Waals surface area contributed by atoms with Gasteiger partial charge >= 0.3 is 5.97 Å². The topological polar surface area (TPSA) is 64.3 Å². The molecule has 1 heterocycles. The Kier molecular flexibility index (Phi) is 3.50. The van der Waals surface area contributed by atoms with Gasteiger partial charge in [-0.25, -0.2) is 0 Å². The van der Waals surface area contributed by atoms with Crippen LogP contribution in [0.25, 0.3) is 0 Å². The molecule has 14 heavy (non-hydrogen) atoms. The first kappa shape index (κ1) is 11.0. The fourth-order valence-corrected chi connectivity index (χ4v) is 1.70. The quantitative estimate of drug-likeness (QED) is 0.746. The molecule has 0 aromatic carbocycles. The highest BCUT2D eigenvalue weighted by Gasteiger charge is 2.24. The van der Waals surface area contributed by atoms with Crippen LogP contribution in [0.5, 0.6) is 0 Å². The predicted molar refractivity (Wildman–Crippen MR) is 51.7 cm³/mol. The molecule has 0 bridgehead atoms. The molecule has 1 N–H and O–H groups in total. The van der Waals surface area contributed by atoms with Gasteiger partial charge in [-0.15, -0.1) is 0 Å². The number of hydrogen-bond acceptors (Lipinski definition) is 3. The number of carboxylic acid groups (broad SMARTS) is 1. The van der Waals surface area contributed by atoms with Gasteiger partial charge in [-0.1, -0.05) is 18.5 Å². The Morgan fingerprint density at radius 2 is 2.50 bits per heavy atom. The van der Waals surface area contributed by atoms with Gasteiger partial charge in [-0.3, -0.25) is 9.69 Å². The number of aliphatic carboxylic acids is 1. The summed E-state index contributed by atoms with van der Waals surface area (Å²) in [6.45, 7) is 2.77. The van der Waals surface area contributed by atoms with Crippen molar-refractivity contribution in [1.29, 1.82) is 5.26 Å². The molecule has 0 aromatic rings. The van der Waals surface area contributed by atoms with Crippen molar-refractivity contribution < 1.29 is 9.90 Å². The third-order valence-corrected chi connectivity index (χ3v) is 2.73. The van der Waals surface area contributed by atoms with Crippen LogP contribution in [0.15, 0.2) is 10.6 Å². The molecule has 1 rings (SSSR count). The van der Waals surface area contributed by atoms with Gasteiger partial charge in [0.2, 0.25) is 0 Å². The average molecular weight is 215 g/mol. The van der Waals surface area contributed by atoms with Gasteiger partial charge in [0.05, 0.1) is 18.2 Å². The molecule has 1 aliphatic rings. The van der Waals surface area contributed by atoms with Crippen LogP contribution in [-0.4, -0.2) is 35.6 Å². The van der Waals surface area contributed by atoms with Crippen LogP contribution >= 0.6 is 11.6 Å². The zero-order valence-corrected chi connectivity index (χ0v) is 8.58. The number of carboxylic acids is 1. The zero-order valence-electron chi connectivity index (χ0n) is 7.83. The Labute approximate surface area is 87.4 Å². The van der Waals surface area contributed by atoms with Gasteiger partial charge in [0, 0.05) is 24.0 Å². The number of hydrogen-bond donors (Lipinski definition) is 1. The molecular formula is C9H11ClN2O2. The predicted octanol–water partition coefficient (Wildman–Crippen LogP) is 1.04. The second-order valence-corrected chi connectivity index (χ2v) is 3.81. The highest BCUT2D eigenvalue weighted by Crippen LogP contribution is 2.25. The summed E-state index contributed by atoms with van der Waals surface area (Å²) in [5.74, 6) is -0.841. The fraction of sp³-hybridized carbons (Fsp3) is 0.556. The summed E-state index contributed by atoms with van der Waals surface area (Å²) in [6.07, 6.45) is 0. The first-order chi connectivity index (χ1) is 6.54. The van der Waals surface area contributed by atoms with Gasteiger partial charge in [0.1, 0.15) is 0 Å². The lowest BCUT2D eigenvalue weighted by Gasteiger charge is -2.29. The highest BCUT2D eigenvalue weighted by molar-refractivity contribution is 6.30. The van der Waals surface area contributed by atoms with Crippen LogP contribution in [0.3, 0.4) is 0 Å². The molecule has 1 atom stereocenters. The van der Waals surface area contributed by atoms with Crippen molar-refractivity contribution in [3.8, 4) is 6.07 Å². The molecular weight excluding hydrogens is 204 g/mol. The Morgan fingerprint density at radius 3 is 3.00 bits per heavy atom. The summed E-state index contributed by atoms with van der Waals surface area (Å²) >= 11 is 5.92. The summed E-state index contributed by atoms with van der Waals surface area (Å²) in [4.78, 5) is 12.2. The Morgan fingerprint density at radius 1 is 1.86 bits per heavy atom. The molecule has 1 aliphatic heterocycles. The van der Waals surface area contributed by atoms with E-state index in [4.69, 9.17) is 22.0 Å². The molecule has 0 spiro atoms. The van der Waals surface area contributed by atoms with Crippen molar-refractivity contribution in [1.82, 2.24) is 4.90 Å². The third kappa shape index (κ3) is 2.47. The van der Waals surface area contributed by atoms with E-state index in [0.29, 0.717) is 23.7 Å². The minimum atomic E-state index is -0.882. The Bertz CT molecular complexity index is 319. The fourth-order valence-electron chi connectivity index (χ4n) is 1.53. The minimum Gasteiger partial charge on any atom is -0.480 e. The largest absolute Gasteiger partial charge is 0.480 e. The summed E-state index contributed by atoms with van der Waals surface area (Å²) in [5, 5.41) is 17.9. The second kappa shape index (κ2) is 4.45. The summed E-state index contributed by atoms with van der Waals surface area (Å²) in [5.41, 5.74) is 0.478. The normalized spacial score (nSPS) is 23.4. The van der Waals surface area contributed by atoms with Gasteiger partial charge in [-0.05, 0) is 0 Å². The maximum atomic E-state index is 10.5. The van der Waals surface area contributed by atoms with E-state index >= 15 is 0 Å². The van der Waals surface area contributed by atoms with E-state index < -0.39 is 5.97 Å². The van der Waals surface area contributed by atoms with E-state index in [1.807, 2.05) is 13.0 Å². The molecule has 0 fully saturated rings. The zero-order chi connectivity index (χ0) is 10.7. The van der Waals surface area contributed by atoms with Crippen molar-refractivity contribution in [3.05, 3.63) is 10.6 Å². The van der Waals surface area contributed by atoms with Crippen LogP contribution in [0, 0.1) is 17.2 Å².